The van der Waals surface area contributed by atoms with Crippen LogP contribution < -0.4 is 15.5 Å². The number of nitrogens with zero attached hydrogens (tertiary/aromatic N) is 2. The highest BCUT2D eigenvalue weighted by molar-refractivity contribution is 5.92. The largest absolute Gasteiger partial charge is 0.372 e. The fourth-order valence-corrected chi connectivity index (χ4v) is 3.05. The molecular weight excluding hydrogens is 324 g/mol. The lowest BCUT2D eigenvalue weighted by molar-refractivity contribution is 0.0953. The average Bonchev–Trinajstić information content (AvgIpc) is 2.68. The van der Waals surface area contributed by atoms with Crippen LogP contribution in [0.2, 0.25) is 0 Å². The van der Waals surface area contributed by atoms with Gasteiger partial charge < -0.3 is 15.5 Å². The molecule has 3 rings (SSSR count). The van der Waals surface area contributed by atoms with Crippen molar-refractivity contribution < 1.29 is 4.79 Å². The lowest BCUT2D eigenvalue weighted by atomic mass is 9.99. The molecule has 2 aromatic rings. The fraction of sp³-hybridized carbons (Fsp3) is 0.333. The molecule has 2 N–H and O–H groups in total. The molecule has 5 nitrogen and oxygen atoms in total. The molecule has 0 spiro atoms. The second-order valence-electron chi connectivity index (χ2n) is 6.77. The van der Waals surface area contributed by atoms with Gasteiger partial charge in [0.15, 0.2) is 0 Å². The predicted molar refractivity (Wildman–Crippen MR) is 107 cm³/mol. The van der Waals surface area contributed by atoms with E-state index in [4.69, 9.17) is 0 Å². The first-order valence-corrected chi connectivity index (χ1v) is 9.13. The number of rotatable bonds is 6. The molecule has 5 heteroatoms. The van der Waals surface area contributed by atoms with E-state index in [1.165, 1.54) is 18.5 Å². The van der Waals surface area contributed by atoms with E-state index in [9.17, 15) is 4.79 Å². The van der Waals surface area contributed by atoms with Crippen LogP contribution in [0.5, 0.6) is 0 Å². The number of benzene rings is 1. The lowest BCUT2D eigenvalue weighted by Crippen LogP contribution is -2.32. The van der Waals surface area contributed by atoms with Gasteiger partial charge in [-0.15, -0.1) is 6.58 Å². The number of amides is 1. The Balaban J connectivity index is 1.58. The molecule has 0 unspecified atom stereocenters. The van der Waals surface area contributed by atoms with Crippen molar-refractivity contribution in [1.29, 1.82) is 0 Å². The molecule has 1 saturated heterocycles. The standard InChI is InChI=1S/C21H26N4O/c1-3-12-22-21(26)20-9-6-18(15-23-20)24-17-4-7-19(8-5-17)25-13-10-16(2)11-14-25/h3-9,15-16,24H,1,10-14H2,2H3,(H,22,26). The zero-order valence-electron chi connectivity index (χ0n) is 15.2. The lowest BCUT2D eigenvalue weighted by Gasteiger charge is -2.32. The van der Waals surface area contributed by atoms with Crippen LogP contribution in [0.3, 0.4) is 0 Å². The van der Waals surface area contributed by atoms with Gasteiger partial charge >= 0.3 is 0 Å². The van der Waals surface area contributed by atoms with Crippen LogP contribution >= 0.6 is 0 Å². The Morgan fingerprint density at radius 3 is 2.50 bits per heavy atom. The van der Waals surface area contributed by atoms with Crippen LogP contribution in [0.4, 0.5) is 17.1 Å². The molecular formula is C21H26N4O. The minimum Gasteiger partial charge on any atom is -0.372 e. The van der Waals surface area contributed by atoms with Gasteiger partial charge in [-0.1, -0.05) is 13.0 Å². The molecule has 136 valence electrons. The third-order valence-corrected chi connectivity index (χ3v) is 4.71. The predicted octanol–water partition coefficient (Wildman–Crippen LogP) is 3.98. The van der Waals surface area contributed by atoms with Crippen molar-refractivity contribution >= 4 is 23.0 Å². The van der Waals surface area contributed by atoms with Crippen molar-refractivity contribution in [2.45, 2.75) is 19.8 Å². The van der Waals surface area contributed by atoms with Gasteiger partial charge in [0, 0.05) is 31.0 Å². The molecule has 0 bridgehead atoms. The van der Waals surface area contributed by atoms with E-state index >= 15 is 0 Å². The molecule has 1 aromatic carbocycles. The zero-order chi connectivity index (χ0) is 18.4. The molecule has 0 aliphatic carbocycles. The van der Waals surface area contributed by atoms with Crippen LogP contribution in [0, 0.1) is 5.92 Å². The fourth-order valence-electron chi connectivity index (χ4n) is 3.05. The number of piperidine rings is 1. The van der Waals surface area contributed by atoms with E-state index in [1.807, 2.05) is 6.07 Å². The SMILES string of the molecule is C=CCNC(=O)c1ccc(Nc2ccc(N3CCC(C)CC3)cc2)cn1. The molecule has 1 fully saturated rings. The minimum atomic E-state index is -0.198. The summed E-state index contributed by atoms with van der Waals surface area (Å²) < 4.78 is 0. The van der Waals surface area contributed by atoms with Crippen molar-refractivity contribution in [2.24, 2.45) is 5.92 Å². The van der Waals surface area contributed by atoms with E-state index in [0.717, 1.165) is 30.4 Å². The quantitative estimate of drug-likeness (QED) is 0.774. The molecule has 26 heavy (non-hydrogen) atoms. The Bertz CT molecular complexity index is 732. The van der Waals surface area contributed by atoms with Crippen LogP contribution in [-0.4, -0.2) is 30.5 Å². The molecule has 0 saturated carbocycles. The topological polar surface area (TPSA) is 57.3 Å². The zero-order valence-corrected chi connectivity index (χ0v) is 15.2. The molecule has 1 aliphatic rings. The van der Waals surface area contributed by atoms with Crippen LogP contribution in [-0.2, 0) is 0 Å². The number of anilines is 3. The van der Waals surface area contributed by atoms with Crippen LogP contribution in [0.25, 0.3) is 0 Å². The molecule has 0 radical (unpaired) electrons. The number of hydrogen-bond donors (Lipinski definition) is 2. The van der Waals surface area contributed by atoms with Crippen molar-refractivity contribution in [3.8, 4) is 0 Å². The summed E-state index contributed by atoms with van der Waals surface area (Å²) in [6.45, 7) is 8.60. The maximum Gasteiger partial charge on any atom is 0.270 e. The first-order valence-electron chi connectivity index (χ1n) is 9.13. The van der Waals surface area contributed by atoms with E-state index in [-0.39, 0.29) is 5.91 Å². The van der Waals surface area contributed by atoms with Gasteiger partial charge in [-0.3, -0.25) is 4.79 Å². The first kappa shape index (κ1) is 18.0. The minimum absolute atomic E-state index is 0.198. The summed E-state index contributed by atoms with van der Waals surface area (Å²) in [5.41, 5.74) is 3.52. The van der Waals surface area contributed by atoms with Gasteiger partial charge in [-0.25, -0.2) is 4.98 Å². The van der Waals surface area contributed by atoms with Crippen LogP contribution in [0.1, 0.15) is 30.3 Å². The number of carbonyl (C=O) groups is 1. The summed E-state index contributed by atoms with van der Waals surface area (Å²) in [4.78, 5) is 18.5. The molecule has 1 amide bonds. The Kier molecular flexibility index (Phi) is 5.89. The van der Waals surface area contributed by atoms with Crippen molar-refractivity contribution in [3.05, 3.63) is 60.9 Å². The van der Waals surface area contributed by atoms with Crippen molar-refractivity contribution in [3.63, 3.8) is 0 Å². The van der Waals surface area contributed by atoms with Crippen LogP contribution in [0.15, 0.2) is 55.3 Å². The summed E-state index contributed by atoms with van der Waals surface area (Å²) >= 11 is 0. The summed E-state index contributed by atoms with van der Waals surface area (Å²) in [6.07, 6.45) is 5.83. The number of carbonyl (C=O) groups excluding carboxylic acids is 1. The number of aromatic nitrogens is 1. The highest BCUT2D eigenvalue weighted by atomic mass is 16.1. The number of pyridine rings is 1. The Morgan fingerprint density at radius 1 is 1.19 bits per heavy atom. The van der Waals surface area contributed by atoms with Gasteiger partial charge in [-0.2, -0.15) is 0 Å². The Morgan fingerprint density at radius 2 is 1.88 bits per heavy atom. The number of hydrogen-bond acceptors (Lipinski definition) is 4. The summed E-state index contributed by atoms with van der Waals surface area (Å²) in [6, 6.07) is 12.0. The Hall–Kier alpha value is -2.82. The van der Waals surface area contributed by atoms with Gasteiger partial charge in [0.25, 0.3) is 5.91 Å². The van der Waals surface area contributed by atoms with E-state index < -0.39 is 0 Å². The summed E-state index contributed by atoms with van der Waals surface area (Å²) in [5, 5.41) is 6.03. The number of nitrogens with one attached hydrogen (secondary N) is 2. The maximum atomic E-state index is 11.8. The van der Waals surface area contributed by atoms with E-state index in [1.54, 1.807) is 18.3 Å². The third kappa shape index (κ3) is 4.63. The summed E-state index contributed by atoms with van der Waals surface area (Å²) in [7, 11) is 0. The Labute approximate surface area is 155 Å². The normalized spacial score (nSPS) is 14.7. The van der Waals surface area contributed by atoms with Crippen molar-refractivity contribution in [1.82, 2.24) is 10.3 Å². The second kappa shape index (κ2) is 8.52. The summed E-state index contributed by atoms with van der Waals surface area (Å²) in [5.74, 6) is 0.637. The third-order valence-electron chi connectivity index (χ3n) is 4.71. The van der Waals surface area contributed by atoms with Gasteiger partial charge in [0.1, 0.15) is 5.69 Å². The smallest absolute Gasteiger partial charge is 0.270 e. The maximum absolute atomic E-state index is 11.8. The van der Waals surface area contributed by atoms with E-state index in [0.29, 0.717) is 12.2 Å². The molecule has 2 heterocycles. The monoisotopic (exact) mass is 350 g/mol. The van der Waals surface area contributed by atoms with Gasteiger partial charge in [-0.05, 0) is 55.2 Å². The van der Waals surface area contributed by atoms with E-state index in [2.05, 4.69) is 58.3 Å². The highest BCUT2D eigenvalue weighted by Gasteiger charge is 2.15. The highest BCUT2D eigenvalue weighted by Crippen LogP contribution is 2.25. The van der Waals surface area contributed by atoms with Gasteiger partial charge in [0.05, 0.1) is 11.9 Å². The molecule has 1 aliphatic heterocycles. The van der Waals surface area contributed by atoms with Crippen molar-refractivity contribution in [2.75, 3.05) is 29.9 Å². The average molecular weight is 350 g/mol. The van der Waals surface area contributed by atoms with Gasteiger partial charge in [0.2, 0.25) is 0 Å². The second-order valence-corrected chi connectivity index (χ2v) is 6.77. The molecule has 1 aromatic heterocycles. The molecule has 0 atom stereocenters. The first-order chi connectivity index (χ1) is 12.7.